The van der Waals surface area contributed by atoms with Crippen LogP contribution in [0, 0.1) is 0 Å². The molecule has 4 heteroatoms. The number of nitrogens with two attached hydrogens (primary N) is 2. The van der Waals surface area contributed by atoms with Crippen LogP contribution in [0.2, 0.25) is 0 Å². The Morgan fingerprint density at radius 3 is 2.67 bits per heavy atom. The lowest BCUT2D eigenvalue weighted by molar-refractivity contribution is 0.831. The number of anilines is 1. The maximum absolute atomic E-state index is 5.41. The minimum Gasteiger partial charge on any atom is -0.369 e. The van der Waals surface area contributed by atoms with Crippen molar-refractivity contribution in [1.82, 2.24) is 9.55 Å². The summed E-state index contributed by atoms with van der Waals surface area (Å²) in [6, 6.07) is 0. The number of hydrogen-bond donors (Lipinski definition) is 2. The van der Waals surface area contributed by atoms with Crippen LogP contribution in [0.3, 0.4) is 0 Å². The molecule has 0 aliphatic rings. The van der Waals surface area contributed by atoms with E-state index in [1.807, 2.05) is 7.05 Å². The zero-order chi connectivity index (χ0) is 6.85. The van der Waals surface area contributed by atoms with Gasteiger partial charge in [0.05, 0.1) is 11.9 Å². The second-order valence-electron chi connectivity index (χ2n) is 1.87. The summed E-state index contributed by atoms with van der Waals surface area (Å²) in [5.74, 6) is 0.510. The van der Waals surface area contributed by atoms with Gasteiger partial charge in [-0.2, -0.15) is 0 Å². The lowest BCUT2D eigenvalue weighted by Crippen LogP contribution is -2.05. The monoisotopic (exact) mass is 126 g/mol. The molecule has 1 heterocycles. The predicted molar refractivity (Wildman–Crippen MR) is 35.5 cm³/mol. The molecule has 0 aromatic carbocycles. The summed E-state index contributed by atoms with van der Waals surface area (Å²) in [4.78, 5) is 3.85. The highest BCUT2D eigenvalue weighted by Crippen LogP contribution is 2.01. The molecular formula is C5H10N4. The number of aromatic nitrogens is 2. The Labute approximate surface area is 53.5 Å². The standard InChI is InChI=1S/C5H10N4/c1-9-4(2-6)3-8-5(9)7/h3H,2,6H2,1H3,(H2,7,8). The maximum Gasteiger partial charge on any atom is 0.200 e. The van der Waals surface area contributed by atoms with Crippen molar-refractivity contribution in [1.29, 1.82) is 0 Å². The summed E-state index contributed by atoms with van der Waals surface area (Å²) in [7, 11) is 1.84. The van der Waals surface area contributed by atoms with Gasteiger partial charge in [0.2, 0.25) is 0 Å². The second-order valence-corrected chi connectivity index (χ2v) is 1.87. The molecule has 0 saturated carbocycles. The van der Waals surface area contributed by atoms with Gasteiger partial charge in [0.25, 0.3) is 0 Å². The van der Waals surface area contributed by atoms with Gasteiger partial charge in [0.15, 0.2) is 5.95 Å². The van der Waals surface area contributed by atoms with E-state index in [1.165, 1.54) is 0 Å². The molecular weight excluding hydrogens is 116 g/mol. The number of nitrogens with zero attached hydrogens (tertiary/aromatic N) is 2. The van der Waals surface area contributed by atoms with Crippen LogP contribution in [0.25, 0.3) is 0 Å². The van der Waals surface area contributed by atoms with E-state index in [-0.39, 0.29) is 0 Å². The van der Waals surface area contributed by atoms with E-state index < -0.39 is 0 Å². The van der Waals surface area contributed by atoms with Crippen molar-refractivity contribution >= 4 is 5.95 Å². The SMILES string of the molecule is Cn1c(CN)cnc1N. The Bertz CT molecular complexity index is 203. The fourth-order valence-electron chi connectivity index (χ4n) is 0.651. The van der Waals surface area contributed by atoms with Crippen LogP contribution in [0.1, 0.15) is 5.69 Å². The molecule has 0 unspecified atom stereocenters. The van der Waals surface area contributed by atoms with Crippen molar-refractivity contribution in [2.24, 2.45) is 12.8 Å². The van der Waals surface area contributed by atoms with Crippen LogP contribution in [-0.2, 0) is 13.6 Å². The van der Waals surface area contributed by atoms with Gasteiger partial charge in [-0.05, 0) is 0 Å². The Hall–Kier alpha value is -1.03. The largest absolute Gasteiger partial charge is 0.369 e. The smallest absolute Gasteiger partial charge is 0.200 e. The Kier molecular flexibility index (Phi) is 1.40. The van der Waals surface area contributed by atoms with Crippen LogP contribution in [0.15, 0.2) is 6.20 Å². The van der Waals surface area contributed by atoms with Gasteiger partial charge in [-0.15, -0.1) is 0 Å². The molecule has 50 valence electrons. The van der Waals surface area contributed by atoms with Gasteiger partial charge in [-0.25, -0.2) is 4.98 Å². The summed E-state index contributed by atoms with van der Waals surface area (Å²) >= 11 is 0. The minimum absolute atomic E-state index is 0.487. The molecule has 4 N–H and O–H groups in total. The first kappa shape index (κ1) is 6.10. The molecule has 4 nitrogen and oxygen atoms in total. The van der Waals surface area contributed by atoms with Crippen molar-refractivity contribution in [3.63, 3.8) is 0 Å². The first-order valence-corrected chi connectivity index (χ1v) is 2.72. The maximum atomic E-state index is 5.41. The van der Waals surface area contributed by atoms with Crippen molar-refractivity contribution in [2.75, 3.05) is 5.73 Å². The highest BCUT2D eigenvalue weighted by molar-refractivity contribution is 5.21. The molecule has 1 aromatic rings. The number of imidazole rings is 1. The molecule has 0 radical (unpaired) electrons. The Morgan fingerprint density at radius 2 is 2.44 bits per heavy atom. The topological polar surface area (TPSA) is 69.9 Å². The molecule has 1 rings (SSSR count). The van der Waals surface area contributed by atoms with Crippen LogP contribution >= 0.6 is 0 Å². The molecule has 0 atom stereocenters. The molecule has 0 fully saturated rings. The Balaban J connectivity index is 3.04. The van der Waals surface area contributed by atoms with Gasteiger partial charge in [0, 0.05) is 13.6 Å². The zero-order valence-corrected chi connectivity index (χ0v) is 5.33. The van der Waals surface area contributed by atoms with Gasteiger partial charge in [-0.3, -0.25) is 0 Å². The Morgan fingerprint density at radius 1 is 1.78 bits per heavy atom. The van der Waals surface area contributed by atoms with E-state index in [4.69, 9.17) is 11.5 Å². The molecule has 1 aromatic heterocycles. The van der Waals surface area contributed by atoms with E-state index in [0.29, 0.717) is 12.5 Å². The molecule has 0 aliphatic heterocycles. The van der Waals surface area contributed by atoms with Crippen molar-refractivity contribution < 1.29 is 0 Å². The van der Waals surface area contributed by atoms with E-state index >= 15 is 0 Å². The highest BCUT2D eigenvalue weighted by atomic mass is 15.1. The average molecular weight is 126 g/mol. The first-order valence-electron chi connectivity index (χ1n) is 2.72. The first-order chi connectivity index (χ1) is 4.25. The fourth-order valence-corrected chi connectivity index (χ4v) is 0.651. The highest BCUT2D eigenvalue weighted by Gasteiger charge is 1.97. The molecule has 9 heavy (non-hydrogen) atoms. The van der Waals surface area contributed by atoms with Crippen molar-refractivity contribution in [3.05, 3.63) is 11.9 Å². The number of hydrogen-bond acceptors (Lipinski definition) is 3. The van der Waals surface area contributed by atoms with E-state index in [9.17, 15) is 0 Å². The summed E-state index contributed by atoms with van der Waals surface area (Å²) < 4.78 is 1.76. The van der Waals surface area contributed by atoms with Crippen LogP contribution < -0.4 is 11.5 Å². The van der Waals surface area contributed by atoms with Crippen LogP contribution in [0.5, 0.6) is 0 Å². The molecule has 0 saturated heterocycles. The third-order valence-corrected chi connectivity index (χ3v) is 1.33. The summed E-state index contributed by atoms with van der Waals surface area (Å²) in [5, 5.41) is 0. The zero-order valence-electron chi connectivity index (χ0n) is 5.33. The van der Waals surface area contributed by atoms with Crippen LogP contribution in [-0.4, -0.2) is 9.55 Å². The van der Waals surface area contributed by atoms with Gasteiger partial charge < -0.3 is 16.0 Å². The third-order valence-electron chi connectivity index (χ3n) is 1.33. The van der Waals surface area contributed by atoms with E-state index in [2.05, 4.69) is 4.98 Å². The molecule has 0 amide bonds. The number of rotatable bonds is 1. The lowest BCUT2D eigenvalue weighted by atomic mass is 10.5. The molecule has 0 aliphatic carbocycles. The van der Waals surface area contributed by atoms with Gasteiger partial charge in [0.1, 0.15) is 0 Å². The average Bonchev–Trinajstić information content (AvgIpc) is 2.15. The van der Waals surface area contributed by atoms with Crippen molar-refractivity contribution in [3.8, 4) is 0 Å². The fraction of sp³-hybridized carbons (Fsp3) is 0.400. The molecule has 0 spiro atoms. The lowest BCUT2D eigenvalue weighted by Gasteiger charge is -1.97. The second kappa shape index (κ2) is 2.06. The minimum atomic E-state index is 0.487. The number of nitrogen functional groups attached to an aromatic ring is 1. The summed E-state index contributed by atoms with van der Waals surface area (Å²) in [6.45, 7) is 0.487. The summed E-state index contributed by atoms with van der Waals surface area (Å²) in [5.41, 5.74) is 11.7. The van der Waals surface area contributed by atoms with Crippen LogP contribution in [0.4, 0.5) is 5.95 Å². The van der Waals surface area contributed by atoms with Gasteiger partial charge in [-0.1, -0.05) is 0 Å². The predicted octanol–water partition coefficient (Wildman–Crippen LogP) is -0.539. The van der Waals surface area contributed by atoms with E-state index in [0.717, 1.165) is 5.69 Å². The molecule has 0 bridgehead atoms. The normalized spacial score (nSPS) is 10.0. The van der Waals surface area contributed by atoms with E-state index in [1.54, 1.807) is 10.8 Å². The van der Waals surface area contributed by atoms with Crippen molar-refractivity contribution in [2.45, 2.75) is 6.54 Å². The third kappa shape index (κ3) is 0.882. The quantitative estimate of drug-likeness (QED) is 0.531. The van der Waals surface area contributed by atoms with Gasteiger partial charge >= 0.3 is 0 Å². The summed E-state index contributed by atoms with van der Waals surface area (Å²) in [6.07, 6.45) is 1.68.